The van der Waals surface area contributed by atoms with Crippen molar-refractivity contribution >= 4 is 5.91 Å². The number of hydrogen-bond acceptors (Lipinski definition) is 3. The molecule has 0 bridgehead atoms. The average molecular weight is 421 g/mol. The third-order valence-electron chi connectivity index (χ3n) is 5.11. The number of carbonyl (C=O) groups is 1. The van der Waals surface area contributed by atoms with Crippen LogP contribution in [0.5, 0.6) is 11.5 Å². The maximum absolute atomic E-state index is 12.7. The van der Waals surface area contributed by atoms with Gasteiger partial charge in [-0.25, -0.2) is 0 Å². The molecule has 3 rings (SSSR count). The summed E-state index contributed by atoms with van der Waals surface area (Å²) in [4.78, 5) is 12.4. The summed E-state index contributed by atoms with van der Waals surface area (Å²) >= 11 is 0. The zero-order valence-electron chi connectivity index (χ0n) is 17.1. The van der Waals surface area contributed by atoms with Gasteiger partial charge in [-0.05, 0) is 68.0 Å². The van der Waals surface area contributed by atoms with Gasteiger partial charge in [-0.15, -0.1) is 0 Å². The van der Waals surface area contributed by atoms with Gasteiger partial charge in [0.1, 0.15) is 0 Å². The molecule has 0 spiro atoms. The Labute approximate surface area is 174 Å². The van der Waals surface area contributed by atoms with Crippen molar-refractivity contribution in [2.45, 2.75) is 38.8 Å². The number of amides is 1. The van der Waals surface area contributed by atoms with Crippen molar-refractivity contribution in [1.82, 2.24) is 5.32 Å². The number of nitrogens with one attached hydrogen (secondary N) is 1. The Bertz CT molecular complexity index is 865. The van der Waals surface area contributed by atoms with Gasteiger partial charge in [0.25, 0.3) is 0 Å². The van der Waals surface area contributed by atoms with Crippen molar-refractivity contribution < 1.29 is 27.4 Å². The summed E-state index contributed by atoms with van der Waals surface area (Å²) in [5, 5.41) is 2.93. The van der Waals surface area contributed by atoms with Crippen LogP contribution in [0.2, 0.25) is 0 Å². The molecule has 162 valence electrons. The van der Waals surface area contributed by atoms with Crippen LogP contribution in [-0.2, 0) is 17.4 Å². The predicted molar refractivity (Wildman–Crippen MR) is 108 cm³/mol. The summed E-state index contributed by atoms with van der Waals surface area (Å²) in [6.45, 7) is 5.39. The van der Waals surface area contributed by atoms with Crippen LogP contribution < -0.4 is 14.8 Å². The Balaban J connectivity index is 1.49. The quantitative estimate of drug-likeness (QED) is 0.622. The molecule has 1 saturated carbocycles. The van der Waals surface area contributed by atoms with Gasteiger partial charge in [-0.1, -0.05) is 18.2 Å². The number of carbonyl (C=O) groups excluding carboxylic acids is 1. The Morgan fingerprint density at radius 2 is 1.70 bits per heavy atom. The third-order valence-corrected chi connectivity index (χ3v) is 5.11. The van der Waals surface area contributed by atoms with E-state index in [9.17, 15) is 18.0 Å². The van der Waals surface area contributed by atoms with E-state index >= 15 is 0 Å². The average Bonchev–Trinajstić information content (AvgIpc) is 3.51. The fourth-order valence-corrected chi connectivity index (χ4v) is 3.48. The van der Waals surface area contributed by atoms with Crippen LogP contribution in [0.15, 0.2) is 42.5 Å². The molecule has 2 unspecified atom stereocenters. The van der Waals surface area contributed by atoms with E-state index < -0.39 is 11.7 Å². The second-order valence-corrected chi connectivity index (χ2v) is 7.26. The van der Waals surface area contributed by atoms with Crippen LogP contribution in [0.4, 0.5) is 13.2 Å². The lowest BCUT2D eigenvalue weighted by molar-refractivity contribution is -0.137. The van der Waals surface area contributed by atoms with E-state index in [1.807, 2.05) is 32.0 Å². The topological polar surface area (TPSA) is 47.6 Å². The first-order valence-corrected chi connectivity index (χ1v) is 10.2. The van der Waals surface area contributed by atoms with Crippen molar-refractivity contribution in [3.63, 3.8) is 0 Å². The Hall–Kier alpha value is -2.70. The van der Waals surface area contributed by atoms with E-state index in [4.69, 9.17) is 9.47 Å². The van der Waals surface area contributed by atoms with Crippen LogP contribution in [0.25, 0.3) is 0 Å². The first kappa shape index (κ1) is 22.0. The van der Waals surface area contributed by atoms with Gasteiger partial charge in [0.05, 0.1) is 18.8 Å². The summed E-state index contributed by atoms with van der Waals surface area (Å²) in [6.07, 6.45) is -3.04. The lowest BCUT2D eigenvalue weighted by atomic mass is 10.1. The van der Waals surface area contributed by atoms with Crippen molar-refractivity contribution in [1.29, 1.82) is 0 Å². The molecule has 0 saturated heterocycles. The van der Waals surface area contributed by atoms with Crippen LogP contribution >= 0.6 is 0 Å². The number of hydrogen-bond donors (Lipinski definition) is 1. The zero-order valence-corrected chi connectivity index (χ0v) is 17.1. The van der Waals surface area contributed by atoms with Gasteiger partial charge < -0.3 is 14.8 Å². The molecule has 2 aromatic rings. The number of rotatable bonds is 9. The Morgan fingerprint density at radius 1 is 1.03 bits per heavy atom. The van der Waals surface area contributed by atoms with E-state index in [0.717, 1.165) is 23.3 Å². The van der Waals surface area contributed by atoms with Crippen molar-refractivity contribution in [2.75, 3.05) is 19.8 Å². The lowest BCUT2D eigenvalue weighted by Gasteiger charge is -2.12. The SMILES string of the molecule is CCOc1ccc(CCNC(=O)C2CC2c2ccc(C(F)(F)F)cc2)cc1OCC. The highest BCUT2D eigenvalue weighted by Crippen LogP contribution is 2.48. The molecule has 1 fully saturated rings. The van der Waals surface area contributed by atoms with Crippen LogP contribution in [0.3, 0.4) is 0 Å². The smallest absolute Gasteiger partial charge is 0.416 e. The van der Waals surface area contributed by atoms with E-state index in [0.29, 0.717) is 44.1 Å². The second kappa shape index (κ2) is 9.41. The summed E-state index contributed by atoms with van der Waals surface area (Å²) < 4.78 is 49.2. The minimum absolute atomic E-state index is 0.0117. The molecule has 4 nitrogen and oxygen atoms in total. The van der Waals surface area contributed by atoms with E-state index in [-0.39, 0.29) is 17.7 Å². The number of alkyl halides is 3. The Kier molecular flexibility index (Phi) is 6.90. The van der Waals surface area contributed by atoms with E-state index in [2.05, 4.69) is 5.32 Å². The number of benzene rings is 2. The molecule has 1 N–H and O–H groups in total. The summed E-state index contributed by atoms with van der Waals surface area (Å²) in [6, 6.07) is 10.8. The lowest BCUT2D eigenvalue weighted by Crippen LogP contribution is -2.27. The van der Waals surface area contributed by atoms with Gasteiger partial charge in [0, 0.05) is 12.5 Å². The molecular weight excluding hydrogens is 395 g/mol. The monoisotopic (exact) mass is 421 g/mol. The molecule has 0 aliphatic heterocycles. The molecular formula is C23H26F3NO3. The highest BCUT2D eigenvalue weighted by Gasteiger charge is 2.44. The van der Waals surface area contributed by atoms with Gasteiger partial charge in [-0.2, -0.15) is 13.2 Å². The maximum Gasteiger partial charge on any atom is 0.416 e. The van der Waals surface area contributed by atoms with Crippen molar-refractivity contribution in [2.24, 2.45) is 5.92 Å². The number of ether oxygens (including phenoxy) is 2. The van der Waals surface area contributed by atoms with E-state index in [1.165, 1.54) is 12.1 Å². The molecule has 0 aromatic heterocycles. The van der Waals surface area contributed by atoms with Crippen LogP contribution in [0, 0.1) is 5.92 Å². The van der Waals surface area contributed by atoms with E-state index in [1.54, 1.807) is 0 Å². The van der Waals surface area contributed by atoms with Gasteiger partial charge in [0.15, 0.2) is 11.5 Å². The van der Waals surface area contributed by atoms with Gasteiger partial charge >= 0.3 is 6.18 Å². The molecule has 0 radical (unpaired) electrons. The molecule has 30 heavy (non-hydrogen) atoms. The standard InChI is InChI=1S/C23H26F3NO3/c1-3-29-20-10-5-15(13-21(20)30-4-2)11-12-27-22(28)19-14-18(19)16-6-8-17(9-7-16)23(24,25)26/h5-10,13,18-19H,3-4,11-12,14H2,1-2H3,(H,27,28). The predicted octanol–water partition coefficient (Wildman–Crippen LogP) is 4.97. The largest absolute Gasteiger partial charge is 0.490 e. The van der Waals surface area contributed by atoms with Crippen molar-refractivity contribution in [3.8, 4) is 11.5 Å². The van der Waals surface area contributed by atoms with Gasteiger partial charge in [-0.3, -0.25) is 4.79 Å². The minimum atomic E-state index is -4.35. The van der Waals surface area contributed by atoms with Crippen LogP contribution in [0.1, 0.15) is 42.9 Å². The van der Waals surface area contributed by atoms with Gasteiger partial charge in [0.2, 0.25) is 5.91 Å². The minimum Gasteiger partial charge on any atom is -0.490 e. The fourth-order valence-electron chi connectivity index (χ4n) is 3.48. The maximum atomic E-state index is 12.7. The third kappa shape index (κ3) is 5.46. The normalized spacial score (nSPS) is 18.0. The first-order valence-electron chi connectivity index (χ1n) is 10.2. The van der Waals surface area contributed by atoms with Crippen molar-refractivity contribution in [3.05, 3.63) is 59.2 Å². The second-order valence-electron chi connectivity index (χ2n) is 7.26. The molecule has 1 aliphatic carbocycles. The molecule has 2 aromatic carbocycles. The highest BCUT2D eigenvalue weighted by molar-refractivity contribution is 5.82. The zero-order chi connectivity index (χ0) is 21.7. The number of halogens is 3. The molecule has 2 atom stereocenters. The molecule has 0 heterocycles. The summed E-state index contributed by atoms with van der Waals surface area (Å²) in [5.74, 6) is 1.14. The summed E-state index contributed by atoms with van der Waals surface area (Å²) in [5.41, 5.74) is 1.13. The summed E-state index contributed by atoms with van der Waals surface area (Å²) in [7, 11) is 0. The molecule has 1 amide bonds. The molecule has 7 heteroatoms. The highest BCUT2D eigenvalue weighted by atomic mass is 19.4. The fraction of sp³-hybridized carbons (Fsp3) is 0.435. The van der Waals surface area contributed by atoms with Crippen LogP contribution in [-0.4, -0.2) is 25.7 Å². The Morgan fingerprint density at radius 3 is 2.33 bits per heavy atom. The molecule has 1 aliphatic rings. The first-order chi connectivity index (χ1) is 14.3.